The summed E-state index contributed by atoms with van der Waals surface area (Å²) in [5, 5.41) is 21.0. The number of piperidine rings is 1. The molecule has 0 spiro atoms. The molecule has 2 N–H and O–H groups in total. The van der Waals surface area contributed by atoms with Crippen LogP contribution in [0, 0.1) is 22.7 Å². The first kappa shape index (κ1) is 33.7. The molecule has 2 heterocycles. The number of halogens is 1. The van der Waals surface area contributed by atoms with Gasteiger partial charge in [-0.2, -0.15) is 5.26 Å². The van der Waals surface area contributed by atoms with Gasteiger partial charge < -0.3 is 19.9 Å². The molecule has 1 aromatic heterocycles. The van der Waals surface area contributed by atoms with Crippen LogP contribution in [0.5, 0.6) is 5.75 Å². The van der Waals surface area contributed by atoms with E-state index in [1.54, 1.807) is 6.20 Å². The van der Waals surface area contributed by atoms with E-state index in [4.69, 9.17) is 10.1 Å². The van der Waals surface area contributed by atoms with Crippen LogP contribution in [0.25, 0.3) is 0 Å². The smallest absolute Gasteiger partial charge is 0.204 e. The van der Waals surface area contributed by atoms with Crippen molar-refractivity contribution in [2.45, 2.75) is 45.2 Å². The summed E-state index contributed by atoms with van der Waals surface area (Å²) < 4.78 is 19.4. The third kappa shape index (κ3) is 12.0. The number of guanidine groups is 1. The Bertz CT molecular complexity index is 1330. The molecule has 0 bridgehead atoms. The van der Waals surface area contributed by atoms with E-state index in [0.717, 1.165) is 62.8 Å². The quantitative estimate of drug-likeness (QED) is 0.0695. The van der Waals surface area contributed by atoms with Crippen molar-refractivity contribution < 1.29 is 9.13 Å². The summed E-state index contributed by atoms with van der Waals surface area (Å²) >= 11 is 0. The molecule has 4 rings (SSSR count). The molecule has 10 heteroatoms. The maximum atomic E-state index is 13.4. The van der Waals surface area contributed by atoms with Crippen molar-refractivity contribution in [3.63, 3.8) is 0 Å². The van der Waals surface area contributed by atoms with Gasteiger partial charge in [-0.1, -0.05) is 36.8 Å². The number of hydrogen-bond acceptors (Lipinski definition) is 7. The SMILES string of the molecule is CN(CCCNC(=N)N(C#N)CCCOc1cccc(CN2CCCCC2)c1)CCN(Cc1ccc(F)cc1)c1ccccn1. The summed E-state index contributed by atoms with van der Waals surface area (Å²) in [7, 11) is 2.07. The monoisotopic (exact) mass is 614 g/mol. The molecule has 1 fully saturated rings. The molecule has 45 heavy (non-hydrogen) atoms. The Hall–Kier alpha value is -4.20. The first-order valence-corrected chi connectivity index (χ1v) is 16.0. The summed E-state index contributed by atoms with van der Waals surface area (Å²) in [5.74, 6) is 1.61. The average Bonchev–Trinajstić information content (AvgIpc) is 3.07. The molecule has 3 aromatic rings. The van der Waals surface area contributed by atoms with E-state index in [-0.39, 0.29) is 11.8 Å². The zero-order valence-electron chi connectivity index (χ0n) is 26.5. The minimum atomic E-state index is -0.239. The fraction of sp³-hybridized carbons (Fsp3) is 0.457. The minimum absolute atomic E-state index is 0.115. The van der Waals surface area contributed by atoms with Gasteiger partial charge in [0.15, 0.2) is 6.19 Å². The fourth-order valence-electron chi connectivity index (χ4n) is 5.41. The average molecular weight is 615 g/mol. The highest BCUT2D eigenvalue weighted by atomic mass is 19.1. The second-order valence-electron chi connectivity index (χ2n) is 11.6. The van der Waals surface area contributed by atoms with Gasteiger partial charge in [-0.05, 0) is 93.5 Å². The first-order chi connectivity index (χ1) is 22.0. The fourth-order valence-corrected chi connectivity index (χ4v) is 5.41. The van der Waals surface area contributed by atoms with Crippen LogP contribution in [0.15, 0.2) is 72.9 Å². The van der Waals surface area contributed by atoms with Crippen LogP contribution < -0.4 is 15.0 Å². The van der Waals surface area contributed by atoms with Gasteiger partial charge in [0.25, 0.3) is 0 Å². The third-order valence-corrected chi connectivity index (χ3v) is 7.96. The van der Waals surface area contributed by atoms with E-state index < -0.39 is 0 Å². The zero-order chi connectivity index (χ0) is 31.7. The van der Waals surface area contributed by atoms with Crippen LogP contribution in [0.1, 0.15) is 43.2 Å². The van der Waals surface area contributed by atoms with Crippen LogP contribution in [0.3, 0.4) is 0 Å². The van der Waals surface area contributed by atoms with Crippen LogP contribution >= 0.6 is 0 Å². The van der Waals surface area contributed by atoms with Crippen LogP contribution in [0.4, 0.5) is 10.2 Å². The highest BCUT2D eigenvalue weighted by molar-refractivity contribution is 5.78. The van der Waals surface area contributed by atoms with E-state index in [1.165, 1.54) is 41.9 Å². The molecule has 0 saturated carbocycles. The standard InChI is InChI=1S/C35H47FN8O/c1-41(23-24-43(34-12-3-4-17-39-34)28-30-13-15-32(36)16-14-30)19-8-18-40-35(38)44(29-37)22-9-25-45-33-11-7-10-31(26-33)27-42-20-5-2-6-21-42/h3-4,7,10-17,26H,2,5-6,8-9,18-25,27-28H2,1H3,(H2,38,40). The summed E-state index contributed by atoms with van der Waals surface area (Å²) in [6, 6.07) is 20.7. The van der Waals surface area contributed by atoms with Gasteiger partial charge in [0.05, 0.1) is 6.61 Å². The number of hydrogen-bond donors (Lipinski definition) is 2. The van der Waals surface area contributed by atoms with Crippen molar-refractivity contribution in [2.75, 3.05) is 64.4 Å². The molecule has 1 aliphatic rings. The molecule has 1 aliphatic heterocycles. The number of aromatic nitrogens is 1. The lowest BCUT2D eigenvalue weighted by molar-refractivity contribution is 0.220. The van der Waals surface area contributed by atoms with Crippen LogP contribution in [0.2, 0.25) is 0 Å². The zero-order valence-corrected chi connectivity index (χ0v) is 26.5. The molecule has 0 aliphatic carbocycles. The number of likely N-dealkylation sites (tertiary alicyclic amines) is 1. The lowest BCUT2D eigenvalue weighted by Gasteiger charge is -2.27. The topological polar surface area (TPSA) is 94.8 Å². The Morgan fingerprint density at radius 2 is 1.80 bits per heavy atom. The number of likely N-dealkylation sites (N-methyl/N-ethyl adjacent to an activating group) is 1. The molecule has 0 unspecified atom stereocenters. The van der Waals surface area contributed by atoms with Gasteiger partial charge in [-0.25, -0.2) is 14.3 Å². The lowest BCUT2D eigenvalue weighted by atomic mass is 10.1. The molecule has 1 saturated heterocycles. The van der Waals surface area contributed by atoms with Gasteiger partial charge in [0, 0.05) is 51.9 Å². The summed E-state index contributed by atoms with van der Waals surface area (Å²) in [4.78, 5) is 12.8. The summed E-state index contributed by atoms with van der Waals surface area (Å²) in [6.45, 7) is 7.86. The van der Waals surface area contributed by atoms with Gasteiger partial charge in [0.2, 0.25) is 5.96 Å². The van der Waals surface area contributed by atoms with Crippen LogP contribution in [-0.4, -0.2) is 85.1 Å². The first-order valence-electron chi connectivity index (χ1n) is 16.0. The van der Waals surface area contributed by atoms with E-state index in [0.29, 0.717) is 32.7 Å². The van der Waals surface area contributed by atoms with E-state index in [2.05, 4.69) is 50.4 Å². The normalized spacial score (nSPS) is 13.3. The Morgan fingerprint density at radius 3 is 2.56 bits per heavy atom. The number of ether oxygens (including phenoxy) is 1. The number of rotatable bonds is 17. The van der Waals surface area contributed by atoms with Crippen molar-refractivity contribution in [1.82, 2.24) is 25.0 Å². The Morgan fingerprint density at radius 1 is 0.978 bits per heavy atom. The number of benzene rings is 2. The van der Waals surface area contributed by atoms with Gasteiger partial charge in [-0.15, -0.1) is 0 Å². The maximum Gasteiger partial charge on any atom is 0.204 e. The van der Waals surface area contributed by atoms with Crippen molar-refractivity contribution in [2.24, 2.45) is 0 Å². The Labute approximate surface area is 267 Å². The number of nitrogens with one attached hydrogen (secondary N) is 2. The largest absolute Gasteiger partial charge is 0.494 e. The highest BCUT2D eigenvalue weighted by Crippen LogP contribution is 2.18. The van der Waals surface area contributed by atoms with Crippen molar-refractivity contribution >= 4 is 11.8 Å². The molecule has 0 radical (unpaired) electrons. The van der Waals surface area contributed by atoms with E-state index in [9.17, 15) is 9.65 Å². The maximum absolute atomic E-state index is 13.4. The second kappa shape index (κ2) is 18.6. The van der Waals surface area contributed by atoms with Crippen molar-refractivity contribution in [3.8, 4) is 11.9 Å². The Kier molecular flexibility index (Phi) is 13.9. The number of anilines is 1. The molecule has 240 valence electrons. The second-order valence-corrected chi connectivity index (χ2v) is 11.6. The predicted octanol–water partition coefficient (Wildman–Crippen LogP) is 5.31. The highest BCUT2D eigenvalue weighted by Gasteiger charge is 2.13. The molecule has 2 aromatic carbocycles. The molecular formula is C35H47FN8O. The third-order valence-electron chi connectivity index (χ3n) is 7.96. The number of nitrogens with zero attached hydrogens (tertiary/aromatic N) is 6. The van der Waals surface area contributed by atoms with Gasteiger partial charge in [-0.3, -0.25) is 10.3 Å². The Balaban J connectivity index is 1.11. The summed E-state index contributed by atoms with van der Waals surface area (Å²) in [5.41, 5.74) is 2.29. The van der Waals surface area contributed by atoms with Crippen molar-refractivity contribution in [1.29, 1.82) is 10.7 Å². The predicted molar refractivity (Wildman–Crippen MR) is 178 cm³/mol. The van der Waals surface area contributed by atoms with Gasteiger partial charge in [0.1, 0.15) is 17.4 Å². The molecule has 0 atom stereocenters. The minimum Gasteiger partial charge on any atom is -0.494 e. The van der Waals surface area contributed by atoms with Crippen molar-refractivity contribution in [3.05, 3.63) is 89.9 Å². The molecular weight excluding hydrogens is 567 g/mol. The van der Waals surface area contributed by atoms with E-state index >= 15 is 0 Å². The van der Waals surface area contributed by atoms with Gasteiger partial charge >= 0.3 is 0 Å². The molecule has 0 amide bonds. The van der Waals surface area contributed by atoms with E-state index in [1.807, 2.05) is 42.5 Å². The summed E-state index contributed by atoms with van der Waals surface area (Å²) in [6.07, 6.45) is 9.26. The molecule has 9 nitrogen and oxygen atoms in total. The lowest BCUT2D eigenvalue weighted by Crippen LogP contribution is -2.40. The number of pyridine rings is 1. The number of nitriles is 1. The van der Waals surface area contributed by atoms with Crippen LogP contribution in [-0.2, 0) is 13.1 Å².